The van der Waals surface area contributed by atoms with E-state index in [0.717, 1.165) is 51.1 Å². The SMILES string of the molecule is CCN1CCN(C(=O)CCNC(=O)C(c2ccc(F)cc2)C2CC2)CC1. The molecule has 1 aromatic rings. The fourth-order valence-corrected chi connectivity index (χ4v) is 3.61. The van der Waals surface area contributed by atoms with Gasteiger partial charge >= 0.3 is 0 Å². The molecule has 1 saturated heterocycles. The second-order valence-corrected chi connectivity index (χ2v) is 7.22. The summed E-state index contributed by atoms with van der Waals surface area (Å²) in [5.41, 5.74) is 0.855. The first-order valence-corrected chi connectivity index (χ1v) is 9.61. The van der Waals surface area contributed by atoms with E-state index >= 15 is 0 Å². The highest BCUT2D eigenvalue weighted by Gasteiger charge is 2.37. The van der Waals surface area contributed by atoms with Gasteiger partial charge in [0.15, 0.2) is 0 Å². The third kappa shape index (κ3) is 4.81. The van der Waals surface area contributed by atoms with Crippen LogP contribution in [0, 0.1) is 11.7 Å². The maximum absolute atomic E-state index is 13.1. The summed E-state index contributed by atoms with van der Waals surface area (Å²) in [6, 6.07) is 6.18. The van der Waals surface area contributed by atoms with E-state index in [1.807, 2.05) is 4.90 Å². The Kier molecular flexibility index (Phi) is 6.25. The minimum Gasteiger partial charge on any atom is -0.355 e. The number of carbonyl (C=O) groups is 2. The molecule has 1 N–H and O–H groups in total. The third-order valence-electron chi connectivity index (χ3n) is 5.42. The lowest BCUT2D eigenvalue weighted by atomic mass is 9.93. The number of hydrogen-bond acceptors (Lipinski definition) is 3. The molecule has 1 aliphatic heterocycles. The molecule has 26 heavy (non-hydrogen) atoms. The normalized spacial score (nSPS) is 19.2. The van der Waals surface area contributed by atoms with Gasteiger partial charge in [-0.3, -0.25) is 9.59 Å². The van der Waals surface area contributed by atoms with Crippen LogP contribution in [-0.2, 0) is 9.59 Å². The maximum atomic E-state index is 13.1. The molecule has 0 aromatic heterocycles. The van der Waals surface area contributed by atoms with Crippen LogP contribution in [0.4, 0.5) is 4.39 Å². The number of piperazine rings is 1. The number of halogens is 1. The van der Waals surface area contributed by atoms with E-state index in [1.54, 1.807) is 12.1 Å². The standard InChI is InChI=1S/C20H28FN3O2/c1-2-23-11-13-24(14-12-23)18(25)9-10-22-20(26)19(15-3-4-15)16-5-7-17(21)8-6-16/h5-8,15,19H,2-4,9-14H2,1H3,(H,22,26). The van der Waals surface area contributed by atoms with Crippen LogP contribution in [0.15, 0.2) is 24.3 Å². The Morgan fingerprint density at radius 1 is 1.15 bits per heavy atom. The molecule has 2 amide bonds. The smallest absolute Gasteiger partial charge is 0.227 e. The minimum absolute atomic E-state index is 0.0530. The van der Waals surface area contributed by atoms with Crippen molar-refractivity contribution >= 4 is 11.8 Å². The number of amides is 2. The van der Waals surface area contributed by atoms with Gasteiger partial charge in [-0.25, -0.2) is 4.39 Å². The van der Waals surface area contributed by atoms with Gasteiger partial charge in [0.25, 0.3) is 0 Å². The molecule has 0 radical (unpaired) electrons. The second kappa shape index (κ2) is 8.62. The van der Waals surface area contributed by atoms with E-state index in [4.69, 9.17) is 0 Å². The average Bonchev–Trinajstić information content (AvgIpc) is 3.48. The van der Waals surface area contributed by atoms with Gasteiger partial charge in [0, 0.05) is 39.1 Å². The molecule has 1 heterocycles. The summed E-state index contributed by atoms with van der Waals surface area (Å²) in [6.07, 6.45) is 2.38. The van der Waals surface area contributed by atoms with Crippen molar-refractivity contribution in [3.63, 3.8) is 0 Å². The highest BCUT2D eigenvalue weighted by molar-refractivity contribution is 5.85. The Bertz CT molecular complexity index is 622. The molecule has 0 spiro atoms. The first kappa shape index (κ1) is 18.8. The summed E-state index contributed by atoms with van der Waals surface area (Å²) in [6.45, 7) is 6.87. The van der Waals surface area contributed by atoms with Gasteiger partial charge in [-0.05, 0) is 43.0 Å². The van der Waals surface area contributed by atoms with E-state index in [1.165, 1.54) is 12.1 Å². The van der Waals surface area contributed by atoms with Crippen LogP contribution in [0.5, 0.6) is 0 Å². The van der Waals surface area contributed by atoms with Crippen molar-refractivity contribution in [1.82, 2.24) is 15.1 Å². The van der Waals surface area contributed by atoms with Crippen LogP contribution in [0.1, 0.15) is 37.7 Å². The Labute approximate surface area is 154 Å². The fraction of sp³-hybridized carbons (Fsp3) is 0.600. The number of hydrogen-bond donors (Lipinski definition) is 1. The number of likely N-dealkylation sites (N-methyl/N-ethyl adjacent to an activating group) is 1. The van der Waals surface area contributed by atoms with Crippen LogP contribution in [0.25, 0.3) is 0 Å². The molecule has 1 unspecified atom stereocenters. The van der Waals surface area contributed by atoms with Crippen molar-refractivity contribution < 1.29 is 14.0 Å². The second-order valence-electron chi connectivity index (χ2n) is 7.22. The Morgan fingerprint density at radius 2 is 1.81 bits per heavy atom. The Morgan fingerprint density at radius 3 is 2.38 bits per heavy atom. The Balaban J connectivity index is 1.46. The van der Waals surface area contributed by atoms with Crippen LogP contribution in [0.3, 0.4) is 0 Å². The molecule has 5 nitrogen and oxygen atoms in total. The van der Waals surface area contributed by atoms with Gasteiger partial charge in [0.1, 0.15) is 5.82 Å². The molecule has 0 bridgehead atoms. The van der Waals surface area contributed by atoms with Crippen LogP contribution in [-0.4, -0.2) is 60.9 Å². The molecule has 1 saturated carbocycles. The van der Waals surface area contributed by atoms with Crippen molar-refractivity contribution in [1.29, 1.82) is 0 Å². The molecule has 2 fully saturated rings. The van der Waals surface area contributed by atoms with E-state index in [0.29, 0.717) is 18.9 Å². The summed E-state index contributed by atoms with van der Waals surface area (Å²) >= 11 is 0. The van der Waals surface area contributed by atoms with Gasteiger partial charge in [-0.15, -0.1) is 0 Å². The Hall–Kier alpha value is -1.95. The molecule has 3 rings (SSSR count). The highest BCUT2D eigenvalue weighted by atomic mass is 19.1. The first-order chi connectivity index (χ1) is 12.6. The van der Waals surface area contributed by atoms with Crippen molar-refractivity contribution in [3.8, 4) is 0 Å². The molecular weight excluding hydrogens is 333 g/mol. The molecule has 6 heteroatoms. The lowest BCUT2D eigenvalue weighted by molar-refractivity contribution is -0.133. The summed E-state index contributed by atoms with van der Waals surface area (Å²) in [7, 11) is 0. The van der Waals surface area contributed by atoms with Gasteiger partial charge in [0.2, 0.25) is 11.8 Å². The van der Waals surface area contributed by atoms with Crippen molar-refractivity contribution in [2.75, 3.05) is 39.3 Å². The number of carbonyl (C=O) groups excluding carboxylic acids is 2. The van der Waals surface area contributed by atoms with E-state index in [2.05, 4.69) is 17.1 Å². The average molecular weight is 361 g/mol. The lowest BCUT2D eigenvalue weighted by Gasteiger charge is -2.34. The van der Waals surface area contributed by atoms with E-state index in [-0.39, 0.29) is 23.5 Å². The lowest BCUT2D eigenvalue weighted by Crippen LogP contribution is -2.49. The molecule has 1 aromatic carbocycles. The van der Waals surface area contributed by atoms with Crippen LogP contribution >= 0.6 is 0 Å². The monoisotopic (exact) mass is 361 g/mol. The first-order valence-electron chi connectivity index (χ1n) is 9.61. The predicted molar refractivity (Wildman–Crippen MR) is 98.2 cm³/mol. The van der Waals surface area contributed by atoms with Gasteiger partial charge < -0.3 is 15.1 Å². The summed E-state index contributed by atoms with van der Waals surface area (Å²) < 4.78 is 13.1. The molecule has 1 atom stereocenters. The summed E-state index contributed by atoms with van der Waals surface area (Å²) in [5, 5.41) is 2.92. The van der Waals surface area contributed by atoms with Gasteiger partial charge in [0.05, 0.1) is 5.92 Å². The fourth-order valence-electron chi connectivity index (χ4n) is 3.61. The predicted octanol–water partition coefficient (Wildman–Crippen LogP) is 1.99. The molecular formula is C20H28FN3O2. The van der Waals surface area contributed by atoms with E-state index in [9.17, 15) is 14.0 Å². The number of nitrogens with zero attached hydrogens (tertiary/aromatic N) is 2. The number of benzene rings is 1. The zero-order valence-electron chi connectivity index (χ0n) is 15.4. The summed E-state index contributed by atoms with van der Waals surface area (Å²) in [5.74, 6) is -0.150. The third-order valence-corrected chi connectivity index (χ3v) is 5.42. The molecule has 2 aliphatic rings. The van der Waals surface area contributed by atoms with E-state index < -0.39 is 0 Å². The quantitative estimate of drug-likeness (QED) is 0.808. The molecule has 1 aliphatic carbocycles. The van der Waals surface area contributed by atoms with Crippen LogP contribution in [0.2, 0.25) is 0 Å². The number of nitrogens with one attached hydrogen (secondary N) is 1. The maximum Gasteiger partial charge on any atom is 0.227 e. The minimum atomic E-state index is -0.294. The molecule has 142 valence electrons. The summed E-state index contributed by atoms with van der Waals surface area (Å²) in [4.78, 5) is 29.1. The van der Waals surface area contributed by atoms with Crippen molar-refractivity contribution in [2.45, 2.75) is 32.1 Å². The largest absolute Gasteiger partial charge is 0.355 e. The topological polar surface area (TPSA) is 52.6 Å². The van der Waals surface area contributed by atoms with Gasteiger partial charge in [-0.2, -0.15) is 0 Å². The highest BCUT2D eigenvalue weighted by Crippen LogP contribution is 2.42. The van der Waals surface area contributed by atoms with Crippen LogP contribution < -0.4 is 5.32 Å². The van der Waals surface area contributed by atoms with Gasteiger partial charge in [-0.1, -0.05) is 19.1 Å². The van der Waals surface area contributed by atoms with Crippen molar-refractivity contribution in [2.24, 2.45) is 5.92 Å². The van der Waals surface area contributed by atoms with Crippen molar-refractivity contribution in [3.05, 3.63) is 35.6 Å². The zero-order chi connectivity index (χ0) is 18.5. The number of rotatable bonds is 7. The zero-order valence-corrected chi connectivity index (χ0v) is 15.4.